The van der Waals surface area contributed by atoms with Gasteiger partial charge in [-0.1, -0.05) is 30.3 Å². The van der Waals surface area contributed by atoms with Crippen molar-refractivity contribution < 1.29 is 41.8 Å². The second-order valence-corrected chi connectivity index (χ2v) is 22.3. The maximum atomic E-state index is 14.4. The monoisotopic (exact) mass is 971 g/mol. The second-order valence-electron chi connectivity index (χ2n) is 22.3. The Morgan fingerprint density at radius 1 is 0.914 bits per heavy atom. The molecule has 2 atom stereocenters. The van der Waals surface area contributed by atoms with Crippen molar-refractivity contribution in [3.63, 3.8) is 0 Å². The second kappa shape index (κ2) is 19.1. The lowest BCUT2D eigenvalue weighted by Crippen LogP contribution is -2.52. The van der Waals surface area contributed by atoms with E-state index in [0.717, 1.165) is 90.9 Å². The molecule has 1 N–H and O–H groups in total. The Hall–Kier alpha value is -5.19. The van der Waals surface area contributed by atoms with Crippen LogP contribution in [0, 0.1) is 10.8 Å². The van der Waals surface area contributed by atoms with Crippen LogP contribution in [-0.4, -0.2) is 112 Å². The molecule has 4 aromatic rings. The fraction of sp³-hybridized carbons (Fsp3) is 0.593. The van der Waals surface area contributed by atoms with Crippen LogP contribution in [0.3, 0.4) is 0 Å². The Bertz CT molecular complexity index is 2640. The fourth-order valence-electron chi connectivity index (χ4n) is 12.2. The van der Waals surface area contributed by atoms with E-state index in [9.17, 15) is 32.3 Å². The lowest BCUT2D eigenvalue weighted by Gasteiger charge is -2.51. The van der Waals surface area contributed by atoms with E-state index in [2.05, 4.69) is 36.2 Å². The molecule has 1 aliphatic carbocycles. The molecule has 0 bridgehead atoms. The summed E-state index contributed by atoms with van der Waals surface area (Å²) in [5.41, 5.74) is 2.76. The molecule has 5 heterocycles. The highest BCUT2D eigenvalue weighted by atomic mass is 19.4. The van der Waals surface area contributed by atoms with Crippen molar-refractivity contribution in [2.45, 2.75) is 134 Å². The van der Waals surface area contributed by atoms with Crippen LogP contribution in [0.2, 0.25) is 0 Å². The highest BCUT2D eigenvalue weighted by Gasteiger charge is 2.50. The first-order valence-electron chi connectivity index (χ1n) is 25.0. The van der Waals surface area contributed by atoms with Gasteiger partial charge in [-0.15, -0.1) is 0 Å². The number of ether oxygens (including phenoxy) is 3. The Kier molecular flexibility index (Phi) is 13.6. The lowest BCUT2D eigenvalue weighted by molar-refractivity contribution is -0.217. The summed E-state index contributed by atoms with van der Waals surface area (Å²) in [4.78, 5) is 58.1. The molecule has 1 unspecified atom stereocenters. The topological polar surface area (TPSA) is 128 Å². The van der Waals surface area contributed by atoms with Gasteiger partial charge in [0.05, 0.1) is 41.8 Å². The average molecular weight is 971 g/mol. The quantitative estimate of drug-likeness (QED) is 0.126. The van der Waals surface area contributed by atoms with Gasteiger partial charge in [0.15, 0.2) is 0 Å². The van der Waals surface area contributed by atoms with Gasteiger partial charge in [-0.2, -0.15) is 13.2 Å². The zero-order valence-corrected chi connectivity index (χ0v) is 41.6. The van der Waals surface area contributed by atoms with E-state index >= 15 is 0 Å². The van der Waals surface area contributed by atoms with Crippen molar-refractivity contribution in [3.8, 4) is 11.5 Å². The number of carbonyl (C=O) groups excluding carboxylic acids is 3. The third-order valence-corrected chi connectivity index (χ3v) is 16.4. The van der Waals surface area contributed by atoms with Gasteiger partial charge in [-0.05, 0) is 158 Å². The van der Waals surface area contributed by atoms with E-state index in [4.69, 9.17) is 14.2 Å². The van der Waals surface area contributed by atoms with Crippen molar-refractivity contribution in [2.75, 3.05) is 53.0 Å². The number of nitrogens with zero attached hydrogens (tertiary/aromatic N) is 5. The van der Waals surface area contributed by atoms with Crippen LogP contribution in [0.5, 0.6) is 11.5 Å². The first-order chi connectivity index (χ1) is 33.2. The smallest absolute Gasteiger partial charge is 0.395 e. The number of methoxy groups -OCH3 is 1. The van der Waals surface area contributed by atoms with Gasteiger partial charge in [0.2, 0.25) is 17.7 Å². The largest absolute Gasteiger partial charge is 0.497 e. The number of aromatic nitrogens is 2. The number of imide groups is 1. The van der Waals surface area contributed by atoms with Crippen LogP contribution in [0.15, 0.2) is 65.5 Å². The van der Waals surface area contributed by atoms with E-state index in [-0.39, 0.29) is 59.4 Å². The number of carbonyl (C=O) groups is 3. The molecule has 4 aliphatic heterocycles. The molecular formula is C54H69F3N6O7. The summed E-state index contributed by atoms with van der Waals surface area (Å²) in [6, 6.07) is 19.0. The number of rotatable bonds is 14. The molecule has 3 saturated heterocycles. The predicted octanol–water partition coefficient (Wildman–Crippen LogP) is 7.84. The molecule has 1 saturated carbocycles. The third-order valence-electron chi connectivity index (χ3n) is 16.4. The van der Waals surface area contributed by atoms with Crippen LogP contribution in [0.1, 0.15) is 114 Å². The molecule has 13 nitrogen and oxygen atoms in total. The third kappa shape index (κ3) is 10.1. The van der Waals surface area contributed by atoms with Gasteiger partial charge in [-0.3, -0.25) is 38.6 Å². The minimum Gasteiger partial charge on any atom is -0.497 e. The number of aryl methyl sites for hydroxylation is 1. The minimum absolute atomic E-state index is 0.0551. The molecule has 70 heavy (non-hydrogen) atoms. The number of nitrogens with one attached hydrogen (secondary N) is 1. The molecule has 3 aromatic carbocycles. The van der Waals surface area contributed by atoms with Crippen molar-refractivity contribution in [2.24, 2.45) is 17.9 Å². The van der Waals surface area contributed by atoms with E-state index in [1.807, 2.05) is 58.3 Å². The highest BCUT2D eigenvalue weighted by Crippen LogP contribution is 2.51. The number of piperidine rings is 2. The molecule has 1 aromatic heterocycles. The molecule has 3 amide bonds. The molecule has 9 rings (SSSR count). The molecule has 4 fully saturated rings. The summed E-state index contributed by atoms with van der Waals surface area (Å²) in [7, 11) is 3.34. The summed E-state index contributed by atoms with van der Waals surface area (Å²) in [5, 5.41) is 2.37. The molecule has 0 radical (unpaired) electrons. The fourth-order valence-corrected chi connectivity index (χ4v) is 12.2. The summed E-state index contributed by atoms with van der Waals surface area (Å²) < 4.78 is 64.2. The van der Waals surface area contributed by atoms with Gasteiger partial charge in [-0.25, -0.2) is 4.79 Å². The first kappa shape index (κ1) is 49.8. The van der Waals surface area contributed by atoms with E-state index < -0.39 is 23.5 Å². The number of hydrogen-bond donors (Lipinski definition) is 1. The van der Waals surface area contributed by atoms with E-state index in [1.165, 1.54) is 18.4 Å². The van der Waals surface area contributed by atoms with Gasteiger partial charge in [0, 0.05) is 57.2 Å². The maximum absolute atomic E-state index is 14.4. The Labute approximate surface area is 408 Å². The number of hydrogen-bond acceptors (Lipinski definition) is 9. The number of alkyl halides is 3. The molecule has 378 valence electrons. The summed E-state index contributed by atoms with van der Waals surface area (Å²) in [5.74, 6) is 0.762. The normalized spacial score (nSPS) is 23.1. The number of amides is 3. The first-order valence-corrected chi connectivity index (χ1v) is 25.0. The van der Waals surface area contributed by atoms with Crippen LogP contribution in [0.25, 0.3) is 11.0 Å². The number of benzene rings is 3. The van der Waals surface area contributed by atoms with Crippen molar-refractivity contribution in [3.05, 3.63) is 93.4 Å². The summed E-state index contributed by atoms with van der Waals surface area (Å²) in [6.07, 6.45) is 2.87. The average Bonchev–Trinajstić information content (AvgIpc) is 3.56. The zero-order valence-electron chi connectivity index (χ0n) is 41.6. The SMILES string of the molecule is COc1ccc([C@]2(CCN(Cc3ccc(OC4CC5(CCN(CC(=O)N6CCc7ccc8c(c7C6)n(C)c(=O)n8C6CCC(=O)NC6=O)CC5)C4)cc3)CC(C)(C)C(F)(F)F)CCOC(C)(C)C2)cc1. The van der Waals surface area contributed by atoms with Crippen LogP contribution in [0.4, 0.5) is 13.2 Å². The van der Waals surface area contributed by atoms with Gasteiger partial charge < -0.3 is 19.1 Å². The summed E-state index contributed by atoms with van der Waals surface area (Å²) >= 11 is 0. The number of likely N-dealkylation sites (tertiary alicyclic amines) is 1. The van der Waals surface area contributed by atoms with E-state index in [1.54, 1.807) is 18.7 Å². The molecular weight excluding hydrogens is 902 g/mol. The van der Waals surface area contributed by atoms with Gasteiger partial charge in [0.1, 0.15) is 17.5 Å². The standard InChI is InChI=1S/C54H69F3N6O7/c1-50(2,54(55,56)57)35-61(27-22-53(23-28-69-51(3,4)34-53)38-10-14-39(68-6)15-11-38)31-36-7-12-40(13-8-36)70-41-29-52(30-41)20-25-60(26-21-52)33-46(65)62-24-19-37-9-16-43-47(42(37)32-62)59(5)49(67)63(43)44-17-18-45(64)58-48(44)66/h7-16,41,44H,17-35H2,1-6H3,(H,58,64,66)/t44?,53-/m1/s1. The number of halogens is 3. The van der Waals surface area contributed by atoms with Gasteiger partial charge >= 0.3 is 11.9 Å². The zero-order chi connectivity index (χ0) is 49.8. The molecule has 5 aliphatic rings. The predicted molar refractivity (Wildman–Crippen MR) is 260 cm³/mol. The summed E-state index contributed by atoms with van der Waals surface area (Å²) in [6.45, 7) is 11.0. The highest BCUT2D eigenvalue weighted by molar-refractivity contribution is 6.00. The number of fused-ring (bicyclic) bond motifs is 3. The van der Waals surface area contributed by atoms with Crippen LogP contribution in [-0.2, 0) is 51.1 Å². The minimum atomic E-state index is -4.36. The van der Waals surface area contributed by atoms with E-state index in [0.29, 0.717) is 57.7 Å². The number of imidazole rings is 1. The lowest BCUT2D eigenvalue weighted by atomic mass is 9.61. The Balaban J connectivity index is 0.779. The van der Waals surface area contributed by atoms with Crippen molar-refractivity contribution in [1.29, 1.82) is 0 Å². The van der Waals surface area contributed by atoms with Crippen LogP contribution >= 0.6 is 0 Å². The van der Waals surface area contributed by atoms with Crippen molar-refractivity contribution in [1.82, 2.24) is 29.2 Å². The molecule has 1 spiro atoms. The molecule has 16 heteroatoms. The van der Waals surface area contributed by atoms with Gasteiger partial charge in [0.25, 0.3) is 0 Å². The van der Waals surface area contributed by atoms with Crippen LogP contribution < -0.4 is 20.5 Å². The Morgan fingerprint density at radius 2 is 1.61 bits per heavy atom. The Morgan fingerprint density at radius 3 is 2.27 bits per heavy atom. The van der Waals surface area contributed by atoms with Crippen molar-refractivity contribution >= 4 is 28.8 Å². The maximum Gasteiger partial charge on any atom is 0.395 e.